The van der Waals surface area contributed by atoms with Gasteiger partial charge in [0.25, 0.3) is 5.91 Å². The largest absolute Gasteiger partial charge is 0.478 e. The summed E-state index contributed by atoms with van der Waals surface area (Å²) >= 11 is 1.51. The summed E-state index contributed by atoms with van der Waals surface area (Å²) in [7, 11) is 1.77. The Morgan fingerprint density at radius 1 is 1.57 bits per heavy atom. The van der Waals surface area contributed by atoms with E-state index in [0.29, 0.717) is 13.2 Å². The summed E-state index contributed by atoms with van der Waals surface area (Å²) in [5.41, 5.74) is 0.837. The number of hydrogen-bond donors (Lipinski definition) is 1. The number of rotatable bonds is 5. The quantitative estimate of drug-likeness (QED) is 0.847. The molecule has 114 valence electrons. The van der Waals surface area contributed by atoms with Gasteiger partial charge in [-0.1, -0.05) is 6.92 Å². The molecule has 0 aliphatic carbocycles. The van der Waals surface area contributed by atoms with Crippen LogP contribution in [-0.2, 0) is 20.9 Å². The second kappa shape index (κ2) is 6.87. The smallest absolute Gasteiger partial charge is 0.328 e. The van der Waals surface area contributed by atoms with Gasteiger partial charge in [-0.2, -0.15) is 0 Å². The van der Waals surface area contributed by atoms with Crippen molar-refractivity contribution in [3.8, 4) is 0 Å². The van der Waals surface area contributed by atoms with E-state index >= 15 is 0 Å². The standard InChI is InChI=1S/C15H19NO4S/c1-10-5-6-20-14(10)15(19)16(2)8-12-7-11(9-21-12)3-4-13(17)18/h3-4,7,9-10,14H,5-6,8H2,1-2H3,(H,17,18)/b4-3+. The number of carboxylic acid groups (broad SMARTS) is 1. The highest BCUT2D eigenvalue weighted by Gasteiger charge is 2.32. The van der Waals surface area contributed by atoms with E-state index in [2.05, 4.69) is 0 Å². The molecule has 1 N–H and O–H groups in total. The van der Waals surface area contributed by atoms with Gasteiger partial charge in [-0.15, -0.1) is 11.3 Å². The monoisotopic (exact) mass is 309 g/mol. The minimum atomic E-state index is -0.970. The molecule has 0 aromatic carbocycles. The summed E-state index contributed by atoms with van der Waals surface area (Å²) in [5, 5.41) is 10.5. The predicted octanol–water partition coefficient (Wildman–Crippen LogP) is 2.23. The summed E-state index contributed by atoms with van der Waals surface area (Å²) < 4.78 is 5.49. The molecule has 1 aliphatic rings. The van der Waals surface area contributed by atoms with Crippen molar-refractivity contribution >= 4 is 29.3 Å². The SMILES string of the molecule is CC1CCOC1C(=O)N(C)Cc1cc(/C=C/C(=O)O)cs1. The molecule has 2 unspecified atom stereocenters. The van der Waals surface area contributed by atoms with Crippen LogP contribution in [0.1, 0.15) is 23.8 Å². The van der Waals surface area contributed by atoms with Crippen LogP contribution in [0.15, 0.2) is 17.5 Å². The van der Waals surface area contributed by atoms with Crippen LogP contribution < -0.4 is 0 Å². The summed E-state index contributed by atoms with van der Waals surface area (Å²) in [6.45, 7) is 3.19. The molecule has 0 radical (unpaired) electrons. The number of aliphatic carboxylic acids is 1. The number of thiophene rings is 1. The summed E-state index contributed by atoms with van der Waals surface area (Å²) in [6.07, 6.45) is 3.25. The fraction of sp³-hybridized carbons (Fsp3) is 0.467. The molecular formula is C15H19NO4S. The maximum Gasteiger partial charge on any atom is 0.328 e. The van der Waals surface area contributed by atoms with Gasteiger partial charge in [0.1, 0.15) is 6.10 Å². The van der Waals surface area contributed by atoms with Gasteiger partial charge in [-0.25, -0.2) is 4.79 Å². The van der Waals surface area contributed by atoms with Gasteiger partial charge in [0.15, 0.2) is 0 Å². The van der Waals surface area contributed by atoms with Crippen LogP contribution >= 0.6 is 11.3 Å². The highest BCUT2D eigenvalue weighted by atomic mass is 32.1. The Morgan fingerprint density at radius 2 is 2.33 bits per heavy atom. The molecule has 2 atom stereocenters. The molecule has 0 spiro atoms. The lowest BCUT2D eigenvalue weighted by molar-refractivity contribution is -0.141. The van der Waals surface area contributed by atoms with E-state index in [9.17, 15) is 9.59 Å². The van der Waals surface area contributed by atoms with Crippen LogP contribution in [0.5, 0.6) is 0 Å². The van der Waals surface area contributed by atoms with Crippen molar-refractivity contribution in [3.05, 3.63) is 28.0 Å². The number of carbonyl (C=O) groups excluding carboxylic acids is 1. The lowest BCUT2D eigenvalue weighted by Gasteiger charge is -2.22. The van der Waals surface area contributed by atoms with Crippen molar-refractivity contribution in [2.75, 3.05) is 13.7 Å². The molecule has 1 amide bonds. The Bertz CT molecular complexity index is 552. The van der Waals surface area contributed by atoms with Gasteiger partial charge in [0.2, 0.25) is 0 Å². The number of carboxylic acids is 1. The Balaban J connectivity index is 1.94. The highest BCUT2D eigenvalue weighted by molar-refractivity contribution is 7.10. The van der Waals surface area contributed by atoms with Crippen molar-refractivity contribution in [2.24, 2.45) is 5.92 Å². The minimum Gasteiger partial charge on any atom is -0.478 e. The predicted molar refractivity (Wildman–Crippen MR) is 81.0 cm³/mol. The zero-order chi connectivity index (χ0) is 15.4. The fourth-order valence-electron chi connectivity index (χ4n) is 2.28. The van der Waals surface area contributed by atoms with Gasteiger partial charge in [-0.3, -0.25) is 4.79 Å². The van der Waals surface area contributed by atoms with Crippen LogP contribution in [0.4, 0.5) is 0 Å². The molecule has 1 saturated heterocycles. The highest BCUT2D eigenvalue weighted by Crippen LogP contribution is 2.23. The van der Waals surface area contributed by atoms with Crippen LogP contribution in [-0.4, -0.2) is 41.6 Å². The number of nitrogens with zero attached hydrogens (tertiary/aromatic N) is 1. The average molecular weight is 309 g/mol. The number of ether oxygens (including phenoxy) is 1. The Morgan fingerprint density at radius 3 is 2.95 bits per heavy atom. The van der Waals surface area contributed by atoms with Crippen molar-refractivity contribution < 1.29 is 19.4 Å². The topological polar surface area (TPSA) is 66.8 Å². The van der Waals surface area contributed by atoms with Crippen LogP contribution in [0, 0.1) is 5.92 Å². The van der Waals surface area contributed by atoms with Gasteiger partial charge in [0, 0.05) is 24.6 Å². The normalized spacial score (nSPS) is 21.8. The van der Waals surface area contributed by atoms with E-state index in [1.165, 1.54) is 11.3 Å². The number of carbonyl (C=O) groups is 2. The Hall–Kier alpha value is -1.66. The van der Waals surface area contributed by atoms with Crippen molar-refractivity contribution in [1.82, 2.24) is 4.90 Å². The third-order valence-electron chi connectivity index (χ3n) is 3.49. The molecular weight excluding hydrogens is 290 g/mol. The van der Waals surface area contributed by atoms with Crippen LogP contribution in [0.25, 0.3) is 6.08 Å². The van der Waals surface area contributed by atoms with Crippen LogP contribution in [0.2, 0.25) is 0 Å². The van der Waals surface area contributed by atoms with Crippen molar-refractivity contribution in [3.63, 3.8) is 0 Å². The van der Waals surface area contributed by atoms with E-state index < -0.39 is 5.97 Å². The van der Waals surface area contributed by atoms with E-state index in [0.717, 1.165) is 22.9 Å². The molecule has 0 bridgehead atoms. The number of amides is 1. The van der Waals surface area contributed by atoms with Gasteiger partial charge in [-0.05, 0) is 35.4 Å². The van der Waals surface area contributed by atoms with Crippen LogP contribution in [0.3, 0.4) is 0 Å². The van der Waals surface area contributed by atoms with E-state index in [1.807, 2.05) is 18.4 Å². The van der Waals surface area contributed by atoms with E-state index in [-0.39, 0.29) is 17.9 Å². The molecule has 1 aromatic heterocycles. The summed E-state index contributed by atoms with van der Waals surface area (Å²) in [6, 6.07) is 1.90. The summed E-state index contributed by atoms with van der Waals surface area (Å²) in [4.78, 5) is 25.5. The lowest BCUT2D eigenvalue weighted by atomic mass is 10.0. The maximum atomic E-state index is 12.3. The average Bonchev–Trinajstić information content (AvgIpc) is 3.04. The second-order valence-electron chi connectivity index (χ2n) is 5.27. The fourth-order valence-corrected chi connectivity index (χ4v) is 3.18. The molecule has 2 rings (SSSR count). The second-order valence-corrected chi connectivity index (χ2v) is 6.27. The first-order valence-corrected chi connectivity index (χ1v) is 7.70. The summed E-state index contributed by atoms with van der Waals surface area (Å²) in [5.74, 6) is -0.698. The number of hydrogen-bond acceptors (Lipinski definition) is 4. The first-order valence-electron chi connectivity index (χ1n) is 6.82. The van der Waals surface area contributed by atoms with Gasteiger partial charge < -0.3 is 14.7 Å². The zero-order valence-corrected chi connectivity index (χ0v) is 12.9. The Kier molecular flexibility index (Phi) is 5.14. The minimum absolute atomic E-state index is 0.0102. The maximum absolute atomic E-state index is 12.3. The zero-order valence-electron chi connectivity index (χ0n) is 12.1. The molecule has 6 heteroatoms. The molecule has 21 heavy (non-hydrogen) atoms. The molecule has 1 aliphatic heterocycles. The molecule has 0 saturated carbocycles. The molecule has 1 fully saturated rings. The molecule has 2 heterocycles. The lowest BCUT2D eigenvalue weighted by Crippen LogP contribution is -2.38. The Labute approximate surface area is 127 Å². The number of likely N-dealkylation sites (N-methyl/N-ethyl adjacent to an activating group) is 1. The first-order chi connectivity index (χ1) is 9.97. The molecule has 1 aromatic rings. The van der Waals surface area contributed by atoms with Gasteiger partial charge in [0.05, 0.1) is 6.54 Å². The first kappa shape index (κ1) is 15.7. The van der Waals surface area contributed by atoms with Gasteiger partial charge >= 0.3 is 5.97 Å². The third-order valence-corrected chi connectivity index (χ3v) is 4.43. The van der Waals surface area contributed by atoms with Crippen molar-refractivity contribution in [1.29, 1.82) is 0 Å². The third kappa shape index (κ3) is 4.15. The van der Waals surface area contributed by atoms with E-state index in [4.69, 9.17) is 9.84 Å². The van der Waals surface area contributed by atoms with Crippen molar-refractivity contribution in [2.45, 2.75) is 26.0 Å². The molecule has 5 nitrogen and oxygen atoms in total. The van der Waals surface area contributed by atoms with E-state index in [1.54, 1.807) is 18.0 Å².